The van der Waals surface area contributed by atoms with Crippen LogP contribution in [0.1, 0.15) is 17.5 Å². The van der Waals surface area contributed by atoms with E-state index in [-0.39, 0.29) is 5.75 Å². The average molecular weight is 425 g/mol. The Kier molecular flexibility index (Phi) is 5.85. The Balaban J connectivity index is 1.73. The minimum atomic E-state index is -3.58. The lowest BCUT2D eigenvalue weighted by atomic mass is 10.0. The van der Waals surface area contributed by atoms with Crippen LogP contribution in [0.15, 0.2) is 42.5 Å². The molecule has 0 unspecified atom stereocenters. The first-order chi connectivity index (χ1) is 13.2. The maximum atomic E-state index is 12.5. The standard InChI is InChI=1S/C19H24N2O5S2/c1-26-18-9-5-15(6-10-18)11-13-28(24,25)20-17-8-7-16-4-3-12-21(19(16)14-17)27(2,22)23/h5-10,14,20H,3-4,11-13H2,1-2H3. The lowest BCUT2D eigenvalue weighted by Gasteiger charge is -2.29. The summed E-state index contributed by atoms with van der Waals surface area (Å²) in [6, 6.07) is 12.3. The van der Waals surface area contributed by atoms with Crippen LogP contribution in [0.25, 0.3) is 0 Å². The maximum Gasteiger partial charge on any atom is 0.233 e. The number of sulfonamides is 2. The molecule has 152 valence electrons. The Morgan fingerprint density at radius 2 is 1.79 bits per heavy atom. The predicted molar refractivity (Wildman–Crippen MR) is 111 cm³/mol. The van der Waals surface area contributed by atoms with Crippen LogP contribution in [0.5, 0.6) is 5.75 Å². The van der Waals surface area contributed by atoms with E-state index in [9.17, 15) is 16.8 Å². The molecule has 0 spiro atoms. The number of rotatable bonds is 7. The summed E-state index contributed by atoms with van der Waals surface area (Å²) in [5.41, 5.74) is 2.70. The van der Waals surface area contributed by atoms with Crippen molar-refractivity contribution in [1.82, 2.24) is 0 Å². The normalized spacial score (nSPS) is 14.4. The summed E-state index contributed by atoms with van der Waals surface area (Å²) in [4.78, 5) is 0. The lowest BCUT2D eigenvalue weighted by molar-refractivity contribution is 0.414. The van der Waals surface area contributed by atoms with Gasteiger partial charge in [-0.2, -0.15) is 0 Å². The van der Waals surface area contributed by atoms with Crippen LogP contribution < -0.4 is 13.8 Å². The summed E-state index contributed by atoms with van der Waals surface area (Å²) in [5, 5.41) is 0. The van der Waals surface area contributed by atoms with Gasteiger partial charge >= 0.3 is 0 Å². The molecule has 0 saturated carbocycles. The molecule has 0 aromatic heterocycles. The van der Waals surface area contributed by atoms with E-state index in [4.69, 9.17) is 4.74 Å². The van der Waals surface area contributed by atoms with Crippen molar-refractivity contribution in [3.8, 4) is 5.75 Å². The summed E-state index contributed by atoms with van der Waals surface area (Å²) in [7, 11) is -5.41. The number of benzene rings is 2. The Bertz CT molecular complexity index is 1050. The van der Waals surface area contributed by atoms with E-state index >= 15 is 0 Å². The molecule has 1 aliphatic rings. The molecule has 7 nitrogen and oxygen atoms in total. The van der Waals surface area contributed by atoms with Gasteiger partial charge in [-0.3, -0.25) is 9.03 Å². The Labute approximate surface area is 166 Å². The van der Waals surface area contributed by atoms with E-state index in [1.54, 1.807) is 37.4 Å². The first-order valence-corrected chi connectivity index (χ1v) is 12.4. The number of nitrogens with zero attached hydrogens (tertiary/aromatic N) is 1. The van der Waals surface area contributed by atoms with Gasteiger partial charge in [-0.1, -0.05) is 18.2 Å². The minimum absolute atomic E-state index is 0.0772. The number of nitrogens with one attached hydrogen (secondary N) is 1. The largest absolute Gasteiger partial charge is 0.497 e. The van der Waals surface area contributed by atoms with Crippen molar-refractivity contribution in [2.45, 2.75) is 19.3 Å². The van der Waals surface area contributed by atoms with Gasteiger partial charge in [-0.05, 0) is 54.7 Å². The molecule has 2 aromatic rings. The van der Waals surface area contributed by atoms with Crippen molar-refractivity contribution in [2.75, 3.05) is 34.7 Å². The van der Waals surface area contributed by atoms with E-state index in [0.29, 0.717) is 30.1 Å². The molecule has 28 heavy (non-hydrogen) atoms. The zero-order chi connectivity index (χ0) is 20.4. The second kappa shape index (κ2) is 8.00. The summed E-state index contributed by atoms with van der Waals surface area (Å²) in [6.07, 6.45) is 3.03. The van der Waals surface area contributed by atoms with E-state index in [0.717, 1.165) is 30.2 Å². The first-order valence-electron chi connectivity index (χ1n) is 8.92. The quantitative estimate of drug-likeness (QED) is 0.737. The molecule has 0 radical (unpaired) electrons. The predicted octanol–water partition coefficient (Wildman–Crippen LogP) is 2.39. The molecule has 0 fully saturated rings. The van der Waals surface area contributed by atoms with Gasteiger partial charge in [0.25, 0.3) is 0 Å². The summed E-state index contributed by atoms with van der Waals surface area (Å²) >= 11 is 0. The molecule has 1 aliphatic heterocycles. The number of ether oxygens (including phenoxy) is 1. The maximum absolute atomic E-state index is 12.5. The molecule has 0 saturated heterocycles. The molecule has 0 amide bonds. The summed E-state index contributed by atoms with van der Waals surface area (Å²) in [5.74, 6) is 0.640. The van der Waals surface area contributed by atoms with Crippen LogP contribution in [0.4, 0.5) is 11.4 Å². The van der Waals surface area contributed by atoms with Crippen molar-refractivity contribution in [1.29, 1.82) is 0 Å². The number of fused-ring (bicyclic) bond motifs is 1. The van der Waals surface area contributed by atoms with Crippen molar-refractivity contribution < 1.29 is 21.6 Å². The van der Waals surface area contributed by atoms with Gasteiger partial charge in [0.1, 0.15) is 5.75 Å². The van der Waals surface area contributed by atoms with Crippen LogP contribution in [0, 0.1) is 0 Å². The highest BCUT2D eigenvalue weighted by Crippen LogP contribution is 2.32. The van der Waals surface area contributed by atoms with Gasteiger partial charge in [-0.25, -0.2) is 16.8 Å². The molecule has 3 rings (SSSR count). The lowest BCUT2D eigenvalue weighted by Crippen LogP contribution is -2.34. The average Bonchev–Trinajstić information content (AvgIpc) is 2.65. The molecule has 1 heterocycles. The van der Waals surface area contributed by atoms with Gasteiger partial charge < -0.3 is 4.74 Å². The number of aryl methyl sites for hydroxylation is 2. The van der Waals surface area contributed by atoms with E-state index in [1.807, 2.05) is 12.1 Å². The molecule has 9 heteroatoms. The number of methoxy groups -OCH3 is 1. The van der Waals surface area contributed by atoms with Gasteiger partial charge in [0.05, 0.1) is 30.5 Å². The topological polar surface area (TPSA) is 92.8 Å². The van der Waals surface area contributed by atoms with Crippen molar-refractivity contribution in [3.05, 3.63) is 53.6 Å². The van der Waals surface area contributed by atoms with Crippen LogP contribution in [0.3, 0.4) is 0 Å². The van der Waals surface area contributed by atoms with E-state index in [1.165, 1.54) is 4.31 Å². The number of hydrogen-bond donors (Lipinski definition) is 1. The molecule has 0 bridgehead atoms. The van der Waals surface area contributed by atoms with E-state index < -0.39 is 20.0 Å². The fourth-order valence-electron chi connectivity index (χ4n) is 3.22. The number of anilines is 2. The van der Waals surface area contributed by atoms with Crippen LogP contribution in [0.2, 0.25) is 0 Å². The summed E-state index contributed by atoms with van der Waals surface area (Å²) < 4.78 is 58.0. The monoisotopic (exact) mass is 424 g/mol. The highest BCUT2D eigenvalue weighted by atomic mass is 32.2. The zero-order valence-electron chi connectivity index (χ0n) is 15.9. The van der Waals surface area contributed by atoms with Gasteiger partial charge in [0.15, 0.2) is 0 Å². The molecule has 0 aliphatic carbocycles. The fraction of sp³-hybridized carbons (Fsp3) is 0.368. The van der Waals surface area contributed by atoms with Crippen LogP contribution in [-0.4, -0.2) is 42.5 Å². The minimum Gasteiger partial charge on any atom is -0.497 e. The van der Waals surface area contributed by atoms with Gasteiger partial charge in [0.2, 0.25) is 20.0 Å². The number of hydrogen-bond acceptors (Lipinski definition) is 5. The van der Waals surface area contributed by atoms with Gasteiger partial charge in [0, 0.05) is 6.54 Å². The smallest absolute Gasteiger partial charge is 0.233 e. The van der Waals surface area contributed by atoms with E-state index in [2.05, 4.69) is 4.72 Å². The fourth-order valence-corrected chi connectivity index (χ4v) is 5.30. The zero-order valence-corrected chi connectivity index (χ0v) is 17.5. The van der Waals surface area contributed by atoms with Crippen LogP contribution >= 0.6 is 0 Å². The highest BCUT2D eigenvalue weighted by Gasteiger charge is 2.24. The van der Waals surface area contributed by atoms with Crippen LogP contribution in [-0.2, 0) is 32.9 Å². The third-order valence-electron chi connectivity index (χ3n) is 4.65. The van der Waals surface area contributed by atoms with Crippen molar-refractivity contribution >= 4 is 31.4 Å². The second-order valence-electron chi connectivity index (χ2n) is 6.80. The van der Waals surface area contributed by atoms with Crippen molar-refractivity contribution in [2.24, 2.45) is 0 Å². The third kappa shape index (κ3) is 4.96. The summed E-state index contributed by atoms with van der Waals surface area (Å²) in [6.45, 7) is 0.402. The Morgan fingerprint density at radius 3 is 2.43 bits per heavy atom. The Hall–Kier alpha value is -2.26. The first kappa shape index (κ1) is 20.5. The van der Waals surface area contributed by atoms with Crippen molar-refractivity contribution in [3.63, 3.8) is 0 Å². The molecular formula is C19H24N2O5S2. The SMILES string of the molecule is COc1ccc(CCS(=O)(=O)Nc2ccc3c(c2)N(S(C)(=O)=O)CCC3)cc1. The Morgan fingerprint density at radius 1 is 1.07 bits per heavy atom. The van der Waals surface area contributed by atoms with Gasteiger partial charge in [-0.15, -0.1) is 0 Å². The molecule has 2 aromatic carbocycles. The molecular weight excluding hydrogens is 400 g/mol. The second-order valence-corrected chi connectivity index (χ2v) is 10.5. The molecule has 1 N–H and O–H groups in total. The highest BCUT2D eigenvalue weighted by molar-refractivity contribution is 7.92. The molecule has 0 atom stereocenters. The third-order valence-corrected chi connectivity index (χ3v) is 7.12.